The van der Waals surface area contributed by atoms with Crippen LogP contribution in [0, 0.1) is 12.8 Å². The smallest absolute Gasteiger partial charge is 0.235 e. The average Bonchev–Trinajstić information content (AvgIpc) is 3.70. The summed E-state index contributed by atoms with van der Waals surface area (Å²) in [6.07, 6.45) is 13.0. The van der Waals surface area contributed by atoms with Gasteiger partial charge in [-0.25, -0.2) is 15.0 Å². The zero-order chi connectivity index (χ0) is 23.9. The number of anilines is 3. The summed E-state index contributed by atoms with van der Waals surface area (Å²) in [4.78, 5) is 16.5. The van der Waals surface area contributed by atoms with E-state index >= 15 is 0 Å². The van der Waals surface area contributed by atoms with Gasteiger partial charge in [0.25, 0.3) is 0 Å². The van der Waals surface area contributed by atoms with Crippen LogP contribution in [0.3, 0.4) is 0 Å². The summed E-state index contributed by atoms with van der Waals surface area (Å²) in [5.41, 5.74) is 7.14. The predicted octanol–water partition coefficient (Wildman–Crippen LogP) is 4.30. The van der Waals surface area contributed by atoms with Gasteiger partial charge in [-0.15, -0.1) is 0 Å². The largest absolute Gasteiger partial charge is 0.367 e. The maximum absolute atomic E-state index is 10.7. The number of hydrogen-bond acceptors (Lipinski definition) is 7. The molecule has 2 aromatic rings. The Morgan fingerprint density at radius 3 is 2.66 bits per heavy atom. The minimum absolute atomic E-state index is 0.398. The number of nitrogens with zero attached hydrogens (tertiary/aromatic N) is 5. The number of nitrogens with one attached hydrogen (secondary N) is 2. The zero-order valence-electron chi connectivity index (χ0n) is 20.6. The van der Waals surface area contributed by atoms with Crippen LogP contribution in [0.2, 0.25) is 0 Å². The van der Waals surface area contributed by atoms with Gasteiger partial charge in [-0.3, -0.25) is 5.21 Å². The van der Waals surface area contributed by atoms with Crippen molar-refractivity contribution in [1.82, 2.24) is 19.9 Å². The lowest BCUT2D eigenvalue weighted by Gasteiger charge is -2.29. The van der Waals surface area contributed by atoms with Gasteiger partial charge in [-0.2, -0.15) is 0 Å². The highest BCUT2D eigenvalue weighted by molar-refractivity contribution is 6.04. The minimum Gasteiger partial charge on any atom is -0.367 e. The molecule has 2 aliphatic heterocycles. The molecule has 0 atom stereocenters. The lowest BCUT2D eigenvalue weighted by molar-refractivity contribution is -0.787. The van der Waals surface area contributed by atoms with E-state index in [-0.39, 0.29) is 0 Å². The number of aromatic nitrogens is 3. The molecule has 2 aromatic heterocycles. The van der Waals surface area contributed by atoms with Crippen LogP contribution in [0.15, 0.2) is 35.6 Å². The molecule has 0 amide bonds. The lowest BCUT2D eigenvalue weighted by Crippen LogP contribution is -2.36. The molecule has 1 saturated carbocycles. The van der Waals surface area contributed by atoms with Crippen molar-refractivity contribution in [2.75, 3.05) is 30.8 Å². The summed E-state index contributed by atoms with van der Waals surface area (Å²) < 4.78 is 1.37. The van der Waals surface area contributed by atoms with Gasteiger partial charge in [0.15, 0.2) is 0 Å². The summed E-state index contributed by atoms with van der Waals surface area (Å²) >= 11 is 0. The molecule has 1 saturated heterocycles. The molecule has 0 unspecified atom stereocenters. The molecule has 8 nitrogen and oxygen atoms in total. The summed E-state index contributed by atoms with van der Waals surface area (Å²) in [6.45, 7) is 4.64. The lowest BCUT2D eigenvalue weighted by atomic mass is 9.90. The van der Waals surface area contributed by atoms with Crippen molar-refractivity contribution in [1.29, 1.82) is 0 Å². The third-order valence-corrected chi connectivity index (χ3v) is 7.65. The van der Waals surface area contributed by atoms with E-state index in [1.165, 1.54) is 23.2 Å². The molecule has 2 aliphatic carbocycles. The van der Waals surface area contributed by atoms with Crippen molar-refractivity contribution >= 4 is 29.2 Å². The first-order chi connectivity index (χ1) is 17.0. The monoisotopic (exact) mass is 472 g/mol. The number of fused-ring (bicyclic) bond motifs is 2. The first kappa shape index (κ1) is 22.2. The number of aryl methyl sites for hydroxylation is 1. The van der Waals surface area contributed by atoms with Crippen molar-refractivity contribution in [3.8, 4) is 0 Å². The molecule has 0 spiro atoms. The number of hydrogen-bond donors (Lipinski definition) is 3. The van der Waals surface area contributed by atoms with E-state index in [9.17, 15) is 5.21 Å². The van der Waals surface area contributed by atoms with E-state index in [2.05, 4.69) is 39.7 Å². The third kappa shape index (κ3) is 4.80. The molecule has 3 N–H and O–H groups in total. The Morgan fingerprint density at radius 2 is 1.89 bits per heavy atom. The molecule has 4 heterocycles. The first-order valence-corrected chi connectivity index (χ1v) is 12.8. The van der Waals surface area contributed by atoms with E-state index in [0.29, 0.717) is 18.5 Å². The molecule has 4 aliphatic rings. The maximum Gasteiger partial charge on any atom is 0.235 e. The Bertz CT molecular complexity index is 1240. The van der Waals surface area contributed by atoms with E-state index in [1.54, 1.807) is 0 Å². The second kappa shape index (κ2) is 9.07. The first-order valence-electron chi connectivity index (χ1n) is 12.8. The quantitative estimate of drug-likeness (QED) is 0.442. The van der Waals surface area contributed by atoms with Crippen LogP contribution in [0.1, 0.15) is 55.5 Å². The number of rotatable bonds is 5. The van der Waals surface area contributed by atoms with Crippen molar-refractivity contribution < 1.29 is 9.95 Å². The van der Waals surface area contributed by atoms with Gasteiger partial charge >= 0.3 is 0 Å². The highest BCUT2D eigenvalue weighted by Crippen LogP contribution is 2.41. The fourth-order valence-corrected chi connectivity index (χ4v) is 5.33. The molecule has 2 fully saturated rings. The topological polar surface area (TPSA) is 89.2 Å². The van der Waals surface area contributed by atoms with Crippen LogP contribution in [0.25, 0.3) is 6.08 Å². The number of allylic oxidation sites excluding steroid dienone is 3. The van der Waals surface area contributed by atoms with Crippen LogP contribution in [-0.2, 0) is 6.54 Å². The van der Waals surface area contributed by atoms with Crippen LogP contribution < -0.4 is 10.6 Å². The van der Waals surface area contributed by atoms with Gasteiger partial charge in [-0.05, 0) is 94.1 Å². The second-order valence-electron chi connectivity index (χ2n) is 10.4. The molecular weight excluding hydrogens is 438 g/mol. The third-order valence-electron chi connectivity index (χ3n) is 7.65. The summed E-state index contributed by atoms with van der Waals surface area (Å²) in [6, 6.07) is 4.54. The SMILES string of the molecule is Cc1nc(NC2CCN(C)CC2)ccc1Nc1ncc2c(n1)C=C1C=C(C3CC3)CCC1=[N+](O)C2. The van der Waals surface area contributed by atoms with Gasteiger partial charge in [-0.1, -0.05) is 5.57 Å². The second-order valence-corrected chi connectivity index (χ2v) is 10.4. The molecule has 6 rings (SSSR count). The summed E-state index contributed by atoms with van der Waals surface area (Å²) in [7, 11) is 2.17. The van der Waals surface area contributed by atoms with Crippen LogP contribution in [-0.4, -0.2) is 61.7 Å². The van der Waals surface area contributed by atoms with Crippen LogP contribution in [0.4, 0.5) is 17.5 Å². The number of hydroxylamine groups is 1. The molecule has 0 bridgehead atoms. The van der Waals surface area contributed by atoms with Crippen molar-refractivity contribution in [2.45, 2.75) is 58.0 Å². The zero-order valence-corrected chi connectivity index (χ0v) is 20.6. The van der Waals surface area contributed by atoms with Crippen LogP contribution in [0.5, 0.6) is 0 Å². The molecule has 0 radical (unpaired) electrons. The van der Waals surface area contributed by atoms with E-state index in [1.807, 2.05) is 25.3 Å². The average molecular weight is 473 g/mol. The van der Waals surface area contributed by atoms with E-state index in [0.717, 1.165) is 84.4 Å². The van der Waals surface area contributed by atoms with Crippen molar-refractivity contribution in [3.63, 3.8) is 0 Å². The summed E-state index contributed by atoms with van der Waals surface area (Å²) in [5, 5.41) is 17.6. The molecular formula is C27H34N7O+. The number of piperidine rings is 1. The Balaban J connectivity index is 1.21. The van der Waals surface area contributed by atoms with Gasteiger partial charge in [0, 0.05) is 24.2 Å². The normalized spacial score (nSPS) is 21.0. The molecule has 35 heavy (non-hydrogen) atoms. The molecule has 182 valence electrons. The van der Waals surface area contributed by atoms with Gasteiger partial charge in [0.2, 0.25) is 18.2 Å². The van der Waals surface area contributed by atoms with Crippen molar-refractivity contribution in [2.24, 2.45) is 5.92 Å². The van der Waals surface area contributed by atoms with Crippen molar-refractivity contribution in [3.05, 3.63) is 52.5 Å². The summed E-state index contributed by atoms with van der Waals surface area (Å²) in [5.74, 6) is 2.19. The van der Waals surface area contributed by atoms with Crippen LogP contribution >= 0.6 is 0 Å². The highest BCUT2D eigenvalue weighted by atomic mass is 16.5. The van der Waals surface area contributed by atoms with Gasteiger partial charge in [0.05, 0.1) is 22.6 Å². The number of pyridine rings is 1. The maximum atomic E-state index is 10.7. The fourth-order valence-electron chi connectivity index (χ4n) is 5.33. The standard InChI is InChI=1S/C27H33N7O/c1-17-23(6-8-26(29-17)30-22-9-11-33(2)12-10-22)31-27-28-15-21-16-34(35)25-7-5-19(18-3-4-18)13-20(25)14-24(21)32-27/h6,8,13-15,18,22,35H,3-5,7,9-12,16H2,1-2H3,(H,28,32)/p+1. The highest BCUT2D eigenvalue weighted by Gasteiger charge is 2.33. The van der Waals surface area contributed by atoms with E-state index < -0.39 is 0 Å². The van der Waals surface area contributed by atoms with Gasteiger partial charge in [0.1, 0.15) is 5.82 Å². The van der Waals surface area contributed by atoms with Gasteiger partial charge < -0.3 is 15.5 Å². The molecule has 0 aromatic carbocycles. The minimum atomic E-state index is 0.398. The fraction of sp³-hybridized carbons (Fsp3) is 0.481. The Hall–Kier alpha value is -3.26. The molecule has 8 heteroatoms. The van der Waals surface area contributed by atoms with E-state index in [4.69, 9.17) is 9.97 Å². The predicted molar refractivity (Wildman–Crippen MR) is 137 cm³/mol. The Morgan fingerprint density at radius 1 is 1.06 bits per heavy atom. The Kier molecular flexibility index (Phi) is 5.76. The Labute approximate surface area is 206 Å². The number of likely N-dealkylation sites (tertiary alicyclic amines) is 1.